The standard InChI is InChI=1S/C11H19N3O3/c1-2-3-4-14(7-9(12)15)11(17)8-5-10(16)13-6-8/h8H,2-7H2,1H3,(H2,12,15)(H,13,16). The first kappa shape index (κ1) is 13.5. The number of carbonyl (C=O) groups excluding carboxylic acids is 3. The molecule has 1 aliphatic rings. The fraction of sp³-hybridized carbons (Fsp3) is 0.727. The van der Waals surface area contributed by atoms with Crippen molar-refractivity contribution in [1.82, 2.24) is 10.2 Å². The zero-order chi connectivity index (χ0) is 12.8. The molecule has 96 valence electrons. The average Bonchev–Trinajstić information content (AvgIpc) is 2.69. The first-order valence-electron chi connectivity index (χ1n) is 5.88. The van der Waals surface area contributed by atoms with Crippen molar-refractivity contribution in [2.75, 3.05) is 19.6 Å². The third-order valence-electron chi connectivity index (χ3n) is 2.77. The second-order valence-corrected chi connectivity index (χ2v) is 4.28. The number of nitrogens with one attached hydrogen (secondary N) is 1. The molecular weight excluding hydrogens is 222 g/mol. The van der Waals surface area contributed by atoms with Gasteiger partial charge < -0.3 is 16.0 Å². The Morgan fingerprint density at radius 1 is 1.53 bits per heavy atom. The number of unbranched alkanes of at least 4 members (excludes halogenated alkanes) is 1. The average molecular weight is 241 g/mol. The van der Waals surface area contributed by atoms with Crippen LogP contribution in [0.5, 0.6) is 0 Å². The van der Waals surface area contributed by atoms with E-state index in [1.807, 2.05) is 6.92 Å². The molecule has 0 aromatic carbocycles. The van der Waals surface area contributed by atoms with Crippen molar-refractivity contribution >= 4 is 17.7 Å². The Balaban J connectivity index is 2.58. The van der Waals surface area contributed by atoms with Gasteiger partial charge in [-0.1, -0.05) is 13.3 Å². The molecule has 0 spiro atoms. The summed E-state index contributed by atoms with van der Waals surface area (Å²) in [5, 5.41) is 2.61. The van der Waals surface area contributed by atoms with Crippen molar-refractivity contribution < 1.29 is 14.4 Å². The van der Waals surface area contributed by atoms with E-state index in [0.717, 1.165) is 12.8 Å². The summed E-state index contributed by atoms with van der Waals surface area (Å²) in [7, 11) is 0. The molecule has 6 nitrogen and oxygen atoms in total. The van der Waals surface area contributed by atoms with Gasteiger partial charge in [-0.2, -0.15) is 0 Å². The smallest absolute Gasteiger partial charge is 0.237 e. The van der Waals surface area contributed by atoms with Crippen molar-refractivity contribution in [2.45, 2.75) is 26.2 Å². The van der Waals surface area contributed by atoms with E-state index >= 15 is 0 Å². The molecule has 3 N–H and O–H groups in total. The van der Waals surface area contributed by atoms with Crippen LogP contribution in [0.4, 0.5) is 0 Å². The van der Waals surface area contributed by atoms with Crippen LogP contribution < -0.4 is 11.1 Å². The fourth-order valence-corrected chi connectivity index (χ4v) is 1.84. The highest BCUT2D eigenvalue weighted by molar-refractivity contribution is 5.91. The van der Waals surface area contributed by atoms with E-state index in [2.05, 4.69) is 5.32 Å². The highest BCUT2D eigenvalue weighted by Crippen LogP contribution is 2.13. The van der Waals surface area contributed by atoms with Gasteiger partial charge >= 0.3 is 0 Å². The van der Waals surface area contributed by atoms with Crippen molar-refractivity contribution in [3.63, 3.8) is 0 Å². The van der Waals surface area contributed by atoms with Crippen LogP contribution in [-0.2, 0) is 14.4 Å². The molecule has 1 fully saturated rings. The highest BCUT2D eigenvalue weighted by Gasteiger charge is 2.31. The third-order valence-corrected chi connectivity index (χ3v) is 2.77. The molecule has 3 amide bonds. The molecule has 1 aliphatic heterocycles. The maximum Gasteiger partial charge on any atom is 0.237 e. The summed E-state index contributed by atoms with van der Waals surface area (Å²) in [4.78, 5) is 35.5. The topological polar surface area (TPSA) is 92.5 Å². The van der Waals surface area contributed by atoms with Crippen LogP contribution in [0.3, 0.4) is 0 Å². The molecule has 1 unspecified atom stereocenters. The van der Waals surface area contributed by atoms with Crippen LogP contribution in [0.2, 0.25) is 0 Å². The van der Waals surface area contributed by atoms with Gasteiger partial charge in [0.05, 0.1) is 12.5 Å². The van der Waals surface area contributed by atoms with Crippen molar-refractivity contribution in [2.24, 2.45) is 11.7 Å². The van der Waals surface area contributed by atoms with E-state index in [-0.39, 0.29) is 30.7 Å². The van der Waals surface area contributed by atoms with Gasteiger partial charge in [0.2, 0.25) is 17.7 Å². The Labute approximate surface area is 101 Å². The van der Waals surface area contributed by atoms with Gasteiger partial charge in [-0.15, -0.1) is 0 Å². The zero-order valence-electron chi connectivity index (χ0n) is 10.1. The summed E-state index contributed by atoms with van der Waals surface area (Å²) < 4.78 is 0. The molecule has 6 heteroatoms. The van der Waals surface area contributed by atoms with Crippen LogP contribution in [0.15, 0.2) is 0 Å². The number of amides is 3. The lowest BCUT2D eigenvalue weighted by Gasteiger charge is -2.23. The number of nitrogens with two attached hydrogens (primary N) is 1. The van der Waals surface area contributed by atoms with Crippen LogP contribution in [-0.4, -0.2) is 42.3 Å². The first-order valence-corrected chi connectivity index (χ1v) is 5.88. The lowest BCUT2D eigenvalue weighted by Crippen LogP contribution is -2.42. The summed E-state index contributed by atoms with van der Waals surface area (Å²) in [5.74, 6) is -1.14. The van der Waals surface area contributed by atoms with Crippen molar-refractivity contribution in [3.8, 4) is 0 Å². The monoisotopic (exact) mass is 241 g/mol. The minimum absolute atomic E-state index is 0.0659. The van der Waals surface area contributed by atoms with Crippen molar-refractivity contribution in [3.05, 3.63) is 0 Å². The molecule has 0 bridgehead atoms. The molecule has 1 heterocycles. The summed E-state index contributed by atoms with van der Waals surface area (Å²) >= 11 is 0. The second-order valence-electron chi connectivity index (χ2n) is 4.28. The summed E-state index contributed by atoms with van der Waals surface area (Å²) in [5.41, 5.74) is 5.11. The van der Waals surface area contributed by atoms with Gasteiger partial charge in [0, 0.05) is 19.5 Å². The molecule has 0 aliphatic carbocycles. The lowest BCUT2D eigenvalue weighted by atomic mass is 10.1. The second kappa shape index (κ2) is 6.22. The number of primary amides is 1. The SMILES string of the molecule is CCCCN(CC(N)=O)C(=O)C1CNC(=O)C1. The molecule has 1 rings (SSSR count). The lowest BCUT2D eigenvalue weighted by molar-refractivity contribution is -0.138. The van der Waals surface area contributed by atoms with E-state index < -0.39 is 5.91 Å². The van der Waals surface area contributed by atoms with Gasteiger partial charge in [-0.3, -0.25) is 14.4 Å². The number of hydrogen-bond donors (Lipinski definition) is 2. The van der Waals surface area contributed by atoms with Crippen LogP contribution >= 0.6 is 0 Å². The van der Waals surface area contributed by atoms with E-state index in [9.17, 15) is 14.4 Å². The van der Waals surface area contributed by atoms with E-state index in [1.54, 1.807) is 0 Å². The maximum atomic E-state index is 12.1. The summed E-state index contributed by atoms with van der Waals surface area (Å²) in [6.45, 7) is 2.82. The van der Waals surface area contributed by atoms with Crippen LogP contribution in [0, 0.1) is 5.92 Å². The van der Waals surface area contributed by atoms with Gasteiger partial charge in [0.15, 0.2) is 0 Å². The summed E-state index contributed by atoms with van der Waals surface area (Å²) in [6.07, 6.45) is 1.97. The van der Waals surface area contributed by atoms with Gasteiger partial charge in [-0.05, 0) is 6.42 Å². The van der Waals surface area contributed by atoms with Gasteiger partial charge in [-0.25, -0.2) is 0 Å². The first-order chi connectivity index (χ1) is 8.04. The molecular formula is C11H19N3O3. The molecule has 0 aromatic rings. The Bertz CT molecular complexity index is 317. The predicted octanol–water partition coefficient (Wildman–Crippen LogP) is -0.763. The quantitative estimate of drug-likeness (QED) is 0.640. The molecule has 0 radical (unpaired) electrons. The maximum absolute atomic E-state index is 12.1. The minimum atomic E-state index is -0.522. The normalized spacial score (nSPS) is 18.9. The van der Waals surface area contributed by atoms with Crippen LogP contribution in [0.25, 0.3) is 0 Å². The highest BCUT2D eigenvalue weighted by atomic mass is 16.2. The largest absolute Gasteiger partial charge is 0.368 e. The Hall–Kier alpha value is -1.59. The number of rotatable bonds is 6. The minimum Gasteiger partial charge on any atom is -0.368 e. The molecule has 1 atom stereocenters. The Morgan fingerprint density at radius 2 is 2.24 bits per heavy atom. The third kappa shape index (κ3) is 4.05. The number of nitrogens with zero attached hydrogens (tertiary/aromatic N) is 1. The number of carbonyl (C=O) groups is 3. The molecule has 0 saturated carbocycles. The Kier molecular flexibility index (Phi) is 4.93. The van der Waals surface area contributed by atoms with Crippen molar-refractivity contribution in [1.29, 1.82) is 0 Å². The van der Waals surface area contributed by atoms with E-state index in [4.69, 9.17) is 5.73 Å². The van der Waals surface area contributed by atoms with Gasteiger partial charge in [0.25, 0.3) is 0 Å². The van der Waals surface area contributed by atoms with E-state index in [1.165, 1.54) is 4.90 Å². The predicted molar refractivity (Wildman–Crippen MR) is 61.8 cm³/mol. The Morgan fingerprint density at radius 3 is 2.71 bits per heavy atom. The summed E-state index contributed by atoms with van der Waals surface area (Å²) in [6, 6.07) is 0. The number of hydrogen-bond acceptors (Lipinski definition) is 3. The van der Waals surface area contributed by atoms with E-state index in [0.29, 0.717) is 13.1 Å². The molecule has 17 heavy (non-hydrogen) atoms. The molecule has 1 saturated heterocycles. The van der Waals surface area contributed by atoms with Gasteiger partial charge in [0.1, 0.15) is 0 Å². The molecule has 0 aromatic heterocycles. The zero-order valence-corrected chi connectivity index (χ0v) is 10.1. The van der Waals surface area contributed by atoms with Crippen LogP contribution in [0.1, 0.15) is 26.2 Å². The fourth-order valence-electron chi connectivity index (χ4n) is 1.84.